The highest BCUT2D eigenvalue weighted by Gasteiger charge is 2.30. The van der Waals surface area contributed by atoms with E-state index in [0.29, 0.717) is 11.4 Å². The van der Waals surface area contributed by atoms with Crippen molar-refractivity contribution < 1.29 is 13.2 Å². The normalized spacial score (nSPS) is 15.7. The van der Waals surface area contributed by atoms with E-state index in [9.17, 15) is 13.2 Å². The molecule has 0 spiro atoms. The fourth-order valence-electron chi connectivity index (χ4n) is 2.55. The Morgan fingerprint density at radius 3 is 2.30 bits per heavy atom. The van der Waals surface area contributed by atoms with Crippen LogP contribution in [0.25, 0.3) is 11.4 Å². The first-order valence-electron chi connectivity index (χ1n) is 7.42. The van der Waals surface area contributed by atoms with Gasteiger partial charge in [-0.1, -0.05) is 12.1 Å². The Morgan fingerprint density at radius 1 is 1.04 bits per heavy atom. The van der Waals surface area contributed by atoms with Gasteiger partial charge in [-0.2, -0.15) is 13.2 Å². The highest BCUT2D eigenvalue weighted by molar-refractivity contribution is 5.58. The summed E-state index contributed by atoms with van der Waals surface area (Å²) in [4.78, 5) is 11.0. The van der Waals surface area contributed by atoms with Crippen molar-refractivity contribution in [2.24, 2.45) is 0 Å². The van der Waals surface area contributed by atoms with Crippen molar-refractivity contribution >= 4 is 5.82 Å². The van der Waals surface area contributed by atoms with Crippen LogP contribution in [0, 0.1) is 6.92 Å². The first-order chi connectivity index (χ1) is 10.9. The maximum Gasteiger partial charge on any atom is 0.416 e. The first-order valence-corrected chi connectivity index (χ1v) is 7.42. The Morgan fingerprint density at radius 2 is 1.70 bits per heavy atom. The Labute approximate surface area is 132 Å². The molecule has 7 heteroatoms. The summed E-state index contributed by atoms with van der Waals surface area (Å²) in [6.07, 6.45) is -4.34. The first kappa shape index (κ1) is 15.7. The molecule has 1 saturated heterocycles. The van der Waals surface area contributed by atoms with E-state index in [1.807, 2.05) is 13.0 Å². The Hall–Kier alpha value is -2.15. The summed E-state index contributed by atoms with van der Waals surface area (Å²) in [5.41, 5.74) is 0.706. The number of nitrogens with zero attached hydrogens (tertiary/aromatic N) is 3. The van der Waals surface area contributed by atoms with Crippen LogP contribution in [0.4, 0.5) is 19.0 Å². The third-order valence-electron chi connectivity index (χ3n) is 3.75. The smallest absolute Gasteiger partial charge is 0.354 e. The quantitative estimate of drug-likeness (QED) is 0.923. The van der Waals surface area contributed by atoms with Gasteiger partial charge in [-0.15, -0.1) is 0 Å². The summed E-state index contributed by atoms with van der Waals surface area (Å²) in [6.45, 7) is 5.34. The van der Waals surface area contributed by atoms with Gasteiger partial charge in [0.25, 0.3) is 0 Å². The SMILES string of the molecule is Cc1cc(N2CCNCC2)nc(-c2ccc(C(F)(F)F)cc2)n1. The van der Waals surface area contributed by atoms with Gasteiger partial charge >= 0.3 is 6.18 Å². The second-order valence-electron chi connectivity index (χ2n) is 5.50. The number of anilines is 1. The minimum Gasteiger partial charge on any atom is -0.354 e. The van der Waals surface area contributed by atoms with E-state index < -0.39 is 11.7 Å². The van der Waals surface area contributed by atoms with E-state index in [-0.39, 0.29) is 0 Å². The number of alkyl halides is 3. The number of piperazine rings is 1. The number of aromatic nitrogens is 2. The molecule has 2 heterocycles. The van der Waals surface area contributed by atoms with Crippen LogP contribution in [0.15, 0.2) is 30.3 Å². The second kappa shape index (κ2) is 6.16. The van der Waals surface area contributed by atoms with Crippen LogP contribution in [0.1, 0.15) is 11.3 Å². The molecule has 2 aromatic rings. The molecule has 0 bridgehead atoms. The Balaban J connectivity index is 1.91. The molecule has 0 amide bonds. The lowest BCUT2D eigenvalue weighted by Crippen LogP contribution is -2.44. The third-order valence-corrected chi connectivity index (χ3v) is 3.75. The fourth-order valence-corrected chi connectivity index (χ4v) is 2.55. The zero-order chi connectivity index (χ0) is 16.4. The van der Waals surface area contributed by atoms with Crippen molar-refractivity contribution in [2.75, 3.05) is 31.1 Å². The maximum absolute atomic E-state index is 12.6. The van der Waals surface area contributed by atoms with Crippen molar-refractivity contribution in [3.05, 3.63) is 41.6 Å². The van der Waals surface area contributed by atoms with Crippen LogP contribution in [0.3, 0.4) is 0 Å². The summed E-state index contributed by atoms with van der Waals surface area (Å²) in [5.74, 6) is 1.26. The number of hydrogen-bond acceptors (Lipinski definition) is 4. The summed E-state index contributed by atoms with van der Waals surface area (Å²) >= 11 is 0. The number of aryl methyl sites for hydroxylation is 1. The molecule has 4 nitrogen and oxygen atoms in total. The molecule has 1 aromatic carbocycles. The van der Waals surface area contributed by atoms with Crippen LogP contribution in [0.5, 0.6) is 0 Å². The van der Waals surface area contributed by atoms with E-state index in [2.05, 4.69) is 20.2 Å². The van der Waals surface area contributed by atoms with E-state index >= 15 is 0 Å². The molecule has 0 aliphatic carbocycles. The summed E-state index contributed by atoms with van der Waals surface area (Å²) < 4.78 is 37.9. The van der Waals surface area contributed by atoms with Crippen LogP contribution < -0.4 is 10.2 Å². The van der Waals surface area contributed by atoms with Crippen molar-refractivity contribution in [1.82, 2.24) is 15.3 Å². The van der Waals surface area contributed by atoms with Gasteiger partial charge in [0.15, 0.2) is 5.82 Å². The van der Waals surface area contributed by atoms with Gasteiger partial charge in [-0.3, -0.25) is 0 Å². The lowest BCUT2D eigenvalue weighted by Gasteiger charge is -2.28. The number of nitrogens with one attached hydrogen (secondary N) is 1. The minimum atomic E-state index is -4.34. The predicted octanol–water partition coefficient (Wildman–Crippen LogP) is 2.88. The zero-order valence-electron chi connectivity index (χ0n) is 12.7. The molecule has 23 heavy (non-hydrogen) atoms. The molecule has 0 unspecified atom stereocenters. The highest BCUT2D eigenvalue weighted by Crippen LogP contribution is 2.30. The second-order valence-corrected chi connectivity index (χ2v) is 5.50. The van der Waals surface area contributed by atoms with Gasteiger partial charge in [-0.05, 0) is 19.1 Å². The predicted molar refractivity (Wildman–Crippen MR) is 82.3 cm³/mol. The van der Waals surface area contributed by atoms with E-state index in [1.165, 1.54) is 12.1 Å². The molecule has 3 rings (SSSR count). The molecule has 1 aliphatic heterocycles. The maximum atomic E-state index is 12.6. The average Bonchev–Trinajstić information content (AvgIpc) is 2.54. The van der Waals surface area contributed by atoms with Crippen LogP contribution in [-0.2, 0) is 6.18 Å². The molecule has 1 aromatic heterocycles. The number of halogens is 3. The molecule has 0 saturated carbocycles. The lowest BCUT2D eigenvalue weighted by atomic mass is 10.1. The van der Waals surface area contributed by atoms with Crippen molar-refractivity contribution in [1.29, 1.82) is 0 Å². The topological polar surface area (TPSA) is 41.0 Å². The molecule has 0 atom stereocenters. The summed E-state index contributed by atoms with van der Waals surface area (Å²) in [7, 11) is 0. The van der Waals surface area contributed by atoms with Gasteiger partial charge in [0, 0.05) is 43.5 Å². The average molecular weight is 322 g/mol. The third kappa shape index (κ3) is 3.61. The van der Waals surface area contributed by atoms with Crippen molar-refractivity contribution in [2.45, 2.75) is 13.1 Å². The van der Waals surface area contributed by atoms with E-state index in [1.54, 1.807) is 0 Å². The molecular formula is C16H17F3N4. The van der Waals surface area contributed by atoms with Gasteiger partial charge in [0.1, 0.15) is 5.82 Å². The summed E-state index contributed by atoms with van der Waals surface area (Å²) in [6, 6.07) is 6.86. The monoisotopic (exact) mass is 322 g/mol. The van der Waals surface area contributed by atoms with Crippen LogP contribution in [-0.4, -0.2) is 36.1 Å². The van der Waals surface area contributed by atoms with Crippen molar-refractivity contribution in [3.8, 4) is 11.4 Å². The van der Waals surface area contributed by atoms with Gasteiger partial charge in [0.2, 0.25) is 0 Å². The molecule has 1 fully saturated rings. The molecule has 1 aliphatic rings. The summed E-state index contributed by atoms with van der Waals surface area (Å²) in [5, 5.41) is 3.27. The highest BCUT2D eigenvalue weighted by atomic mass is 19.4. The van der Waals surface area contributed by atoms with Gasteiger partial charge in [-0.25, -0.2) is 9.97 Å². The van der Waals surface area contributed by atoms with Crippen molar-refractivity contribution in [3.63, 3.8) is 0 Å². The van der Waals surface area contributed by atoms with Crippen LogP contribution >= 0.6 is 0 Å². The minimum absolute atomic E-state index is 0.451. The number of benzene rings is 1. The zero-order valence-corrected chi connectivity index (χ0v) is 12.7. The van der Waals surface area contributed by atoms with Gasteiger partial charge in [0.05, 0.1) is 5.56 Å². The fraction of sp³-hybridized carbons (Fsp3) is 0.375. The van der Waals surface area contributed by atoms with Crippen LogP contribution in [0.2, 0.25) is 0 Å². The molecular weight excluding hydrogens is 305 g/mol. The molecule has 0 radical (unpaired) electrons. The molecule has 1 N–H and O–H groups in total. The Bertz CT molecular complexity index is 677. The van der Waals surface area contributed by atoms with E-state index in [0.717, 1.165) is 49.8 Å². The lowest BCUT2D eigenvalue weighted by molar-refractivity contribution is -0.137. The Kier molecular flexibility index (Phi) is 4.21. The standard InChI is InChI=1S/C16H17F3N4/c1-11-10-14(23-8-6-20-7-9-23)22-15(21-11)12-2-4-13(5-3-12)16(17,18)19/h2-5,10,20H,6-9H2,1H3. The number of hydrogen-bond donors (Lipinski definition) is 1. The van der Waals surface area contributed by atoms with E-state index in [4.69, 9.17) is 0 Å². The van der Waals surface area contributed by atoms with Gasteiger partial charge < -0.3 is 10.2 Å². The molecule has 122 valence electrons. The number of rotatable bonds is 2. The largest absolute Gasteiger partial charge is 0.416 e.